The lowest BCUT2D eigenvalue weighted by molar-refractivity contribution is 0.0907. The SMILES string of the molecule is CCC(C)(C)NC(=O)c1ccc(-c2ncccc2Cl)cc1F. The third-order valence-electron chi connectivity index (χ3n) is 3.58. The second kappa shape index (κ2) is 6.44. The van der Waals surface area contributed by atoms with Crippen LogP contribution in [0.1, 0.15) is 37.6 Å². The molecule has 0 bridgehead atoms. The van der Waals surface area contributed by atoms with E-state index in [-0.39, 0.29) is 11.1 Å². The summed E-state index contributed by atoms with van der Waals surface area (Å²) in [5.74, 6) is -1.02. The normalized spacial score (nSPS) is 11.3. The van der Waals surface area contributed by atoms with Gasteiger partial charge >= 0.3 is 0 Å². The molecule has 116 valence electrons. The largest absolute Gasteiger partial charge is 0.347 e. The van der Waals surface area contributed by atoms with Gasteiger partial charge in [-0.2, -0.15) is 0 Å². The van der Waals surface area contributed by atoms with Gasteiger partial charge in [0, 0.05) is 17.3 Å². The second-order valence-electron chi connectivity index (χ2n) is 5.72. The van der Waals surface area contributed by atoms with Gasteiger partial charge in [0.05, 0.1) is 16.3 Å². The van der Waals surface area contributed by atoms with E-state index in [1.54, 1.807) is 24.4 Å². The van der Waals surface area contributed by atoms with E-state index in [9.17, 15) is 9.18 Å². The number of pyridine rings is 1. The molecular formula is C17H18ClFN2O. The number of hydrogen-bond acceptors (Lipinski definition) is 2. The first kappa shape index (κ1) is 16.4. The number of rotatable bonds is 4. The number of carbonyl (C=O) groups excluding carboxylic acids is 1. The van der Waals surface area contributed by atoms with E-state index in [0.29, 0.717) is 16.3 Å². The summed E-state index contributed by atoms with van der Waals surface area (Å²) in [6.45, 7) is 5.75. The summed E-state index contributed by atoms with van der Waals surface area (Å²) in [5, 5.41) is 3.25. The summed E-state index contributed by atoms with van der Waals surface area (Å²) in [4.78, 5) is 16.3. The molecule has 1 aromatic carbocycles. The highest BCUT2D eigenvalue weighted by Gasteiger charge is 2.21. The van der Waals surface area contributed by atoms with Crippen molar-refractivity contribution in [3.05, 3.63) is 52.9 Å². The minimum atomic E-state index is -0.594. The molecule has 0 aliphatic heterocycles. The standard InChI is InChI=1S/C17H18ClFN2O/c1-4-17(2,3)21-16(22)12-8-7-11(10-14(12)19)15-13(18)6-5-9-20-15/h5-10H,4H2,1-3H3,(H,21,22). The summed E-state index contributed by atoms with van der Waals surface area (Å²) in [5.41, 5.74) is 0.655. The van der Waals surface area contributed by atoms with Crippen molar-refractivity contribution in [2.24, 2.45) is 0 Å². The molecule has 2 rings (SSSR count). The number of amides is 1. The van der Waals surface area contributed by atoms with Crippen LogP contribution in [0, 0.1) is 5.82 Å². The average Bonchev–Trinajstić information content (AvgIpc) is 2.47. The molecule has 0 fully saturated rings. The smallest absolute Gasteiger partial charge is 0.254 e. The highest BCUT2D eigenvalue weighted by Crippen LogP contribution is 2.26. The van der Waals surface area contributed by atoms with Crippen molar-refractivity contribution in [1.82, 2.24) is 10.3 Å². The van der Waals surface area contributed by atoms with Gasteiger partial charge in [-0.15, -0.1) is 0 Å². The van der Waals surface area contributed by atoms with Crippen LogP contribution in [0.4, 0.5) is 4.39 Å². The number of aromatic nitrogens is 1. The molecule has 5 heteroatoms. The molecule has 0 atom stereocenters. The van der Waals surface area contributed by atoms with Crippen molar-refractivity contribution >= 4 is 17.5 Å². The molecule has 3 nitrogen and oxygen atoms in total. The lowest BCUT2D eigenvalue weighted by Gasteiger charge is -2.24. The summed E-state index contributed by atoms with van der Waals surface area (Å²) in [7, 11) is 0. The van der Waals surface area contributed by atoms with Crippen molar-refractivity contribution in [1.29, 1.82) is 0 Å². The highest BCUT2D eigenvalue weighted by atomic mass is 35.5. The van der Waals surface area contributed by atoms with Gasteiger partial charge in [0.1, 0.15) is 5.82 Å². The van der Waals surface area contributed by atoms with Gasteiger partial charge in [-0.25, -0.2) is 4.39 Å². The summed E-state index contributed by atoms with van der Waals surface area (Å²) in [6, 6.07) is 7.77. The molecule has 1 N–H and O–H groups in total. The Bertz CT molecular complexity index is 701. The Morgan fingerprint density at radius 2 is 2.09 bits per heavy atom. The van der Waals surface area contributed by atoms with Gasteiger partial charge in [-0.1, -0.05) is 24.6 Å². The quantitative estimate of drug-likeness (QED) is 0.903. The van der Waals surface area contributed by atoms with Crippen LogP contribution in [0.2, 0.25) is 5.02 Å². The Morgan fingerprint density at radius 1 is 1.36 bits per heavy atom. The first-order valence-corrected chi connectivity index (χ1v) is 7.45. The monoisotopic (exact) mass is 320 g/mol. The zero-order valence-electron chi connectivity index (χ0n) is 12.8. The lowest BCUT2D eigenvalue weighted by Crippen LogP contribution is -2.43. The zero-order valence-corrected chi connectivity index (χ0v) is 13.5. The molecule has 0 saturated carbocycles. The predicted octanol–water partition coefficient (Wildman–Crippen LogP) is 4.46. The summed E-state index contributed by atoms with van der Waals surface area (Å²) >= 11 is 6.06. The highest BCUT2D eigenvalue weighted by molar-refractivity contribution is 6.33. The van der Waals surface area contributed by atoms with Crippen molar-refractivity contribution in [2.75, 3.05) is 0 Å². The van der Waals surface area contributed by atoms with Crippen LogP contribution < -0.4 is 5.32 Å². The van der Waals surface area contributed by atoms with Crippen molar-refractivity contribution in [3.8, 4) is 11.3 Å². The Morgan fingerprint density at radius 3 is 2.68 bits per heavy atom. The molecule has 1 aromatic heterocycles. The van der Waals surface area contributed by atoms with Gasteiger partial charge in [0.15, 0.2) is 0 Å². The van der Waals surface area contributed by atoms with E-state index < -0.39 is 11.7 Å². The van der Waals surface area contributed by atoms with Gasteiger partial charge in [0.25, 0.3) is 5.91 Å². The topological polar surface area (TPSA) is 42.0 Å². The van der Waals surface area contributed by atoms with Crippen molar-refractivity contribution < 1.29 is 9.18 Å². The van der Waals surface area contributed by atoms with E-state index in [2.05, 4.69) is 10.3 Å². The fourth-order valence-corrected chi connectivity index (χ4v) is 2.14. The molecule has 0 spiro atoms. The lowest BCUT2D eigenvalue weighted by atomic mass is 10.0. The first-order chi connectivity index (χ1) is 10.3. The van der Waals surface area contributed by atoms with Crippen molar-refractivity contribution in [2.45, 2.75) is 32.7 Å². The van der Waals surface area contributed by atoms with E-state index in [1.165, 1.54) is 12.1 Å². The number of benzene rings is 1. The molecule has 0 saturated heterocycles. The molecular weight excluding hydrogens is 303 g/mol. The average molecular weight is 321 g/mol. The van der Waals surface area contributed by atoms with Crippen LogP contribution in [0.15, 0.2) is 36.5 Å². The second-order valence-corrected chi connectivity index (χ2v) is 6.13. The van der Waals surface area contributed by atoms with E-state index >= 15 is 0 Å². The van der Waals surface area contributed by atoms with Crippen LogP contribution in [0.3, 0.4) is 0 Å². The van der Waals surface area contributed by atoms with Gasteiger partial charge < -0.3 is 5.32 Å². The molecule has 0 radical (unpaired) electrons. The Kier molecular flexibility index (Phi) is 4.81. The minimum absolute atomic E-state index is 0.0114. The zero-order chi connectivity index (χ0) is 16.3. The fraction of sp³-hybridized carbons (Fsp3) is 0.294. The third-order valence-corrected chi connectivity index (χ3v) is 3.89. The Hall–Kier alpha value is -1.94. The molecule has 1 heterocycles. The first-order valence-electron chi connectivity index (χ1n) is 7.07. The maximum Gasteiger partial charge on any atom is 0.254 e. The maximum absolute atomic E-state index is 14.3. The number of hydrogen-bond donors (Lipinski definition) is 1. The minimum Gasteiger partial charge on any atom is -0.347 e. The molecule has 2 aromatic rings. The molecule has 0 unspecified atom stereocenters. The van der Waals surface area contributed by atoms with Gasteiger partial charge in [-0.05, 0) is 44.5 Å². The number of nitrogens with zero attached hydrogens (tertiary/aromatic N) is 1. The molecule has 1 amide bonds. The van der Waals surface area contributed by atoms with E-state index in [0.717, 1.165) is 6.42 Å². The number of halogens is 2. The molecule has 0 aliphatic rings. The Balaban J connectivity index is 2.31. The molecule has 22 heavy (non-hydrogen) atoms. The van der Waals surface area contributed by atoms with Gasteiger partial charge in [-0.3, -0.25) is 9.78 Å². The maximum atomic E-state index is 14.3. The third kappa shape index (κ3) is 3.63. The predicted molar refractivity (Wildman–Crippen MR) is 86.5 cm³/mol. The number of carbonyl (C=O) groups is 1. The van der Waals surface area contributed by atoms with E-state index in [1.807, 2.05) is 20.8 Å². The Labute approximate surface area is 134 Å². The summed E-state index contributed by atoms with van der Waals surface area (Å²) < 4.78 is 14.3. The van der Waals surface area contributed by atoms with Crippen LogP contribution in [-0.4, -0.2) is 16.4 Å². The van der Waals surface area contributed by atoms with Crippen LogP contribution in [-0.2, 0) is 0 Å². The summed E-state index contributed by atoms with van der Waals surface area (Å²) in [6.07, 6.45) is 2.34. The van der Waals surface area contributed by atoms with Crippen LogP contribution in [0.5, 0.6) is 0 Å². The molecule has 0 aliphatic carbocycles. The van der Waals surface area contributed by atoms with Crippen LogP contribution >= 0.6 is 11.6 Å². The fourth-order valence-electron chi connectivity index (χ4n) is 1.91. The van der Waals surface area contributed by atoms with Crippen LogP contribution in [0.25, 0.3) is 11.3 Å². The van der Waals surface area contributed by atoms with Gasteiger partial charge in [0.2, 0.25) is 0 Å². The van der Waals surface area contributed by atoms with E-state index in [4.69, 9.17) is 11.6 Å². The number of nitrogens with one attached hydrogen (secondary N) is 1. The van der Waals surface area contributed by atoms with Crippen molar-refractivity contribution in [3.63, 3.8) is 0 Å².